The summed E-state index contributed by atoms with van der Waals surface area (Å²) in [5.41, 5.74) is 0.973. The Morgan fingerprint density at radius 2 is 2.56 bits per heavy atom. The van der Waals surface area contributed by atoms with Gasteiger partial charge in [-0.15, -0.1) is 0 Å². The van der Waals surface area contributed by atoms with Crippen LogP contribution in [0.4, 0.5) is 5.69 Å². The van der Waals surface area contributed by atoms with E-state index >= 15 is 0 Å². The first-order valence-electron chi connectivity index (χ1n) is 5.77. The first-order valence-corrected chi connectivity index (χ1v) is 5.77. The van der Waals surface area contributed by atoms with Gasteiger partial charge in [0.1, 0.15) is 0 Å². The van der Waals surface area contributed by atoms with E-state index in [9.17, 15) is 4.79 Å². The Balaban J connectivity index is 2.05. The number of carboxylic acid groups (broad SMARTS) is 1. The molecule has 0 bridgehead atoms. The number of anilines is 1. The van der Waals surface area contributed by atoms with Crippen molar-refractivity contribution in [2.24, 2.45) is 0 Å². The lowest BCUT2D eigenvalue weighted by Crippen LogP contribution is -2.43. The standard InChI is InChI=1S/C12H16N2O4/c1-17-11-6-9(2-3-13-11)14-4-5-18-10(8-14)7-12(15)16/h2-3,6,10H,4-5,7-8H2,1H3,(H,15,16). The number of aromatic nitrogens is 1. The van der Waals surface area contributed by atoms with Gasteiger partial charge in [-0.1, -0.05) is 0 Å². The maximum atomic E-state index is 10.7. The molecular weight excluding hydrogens is 236 g/mol. The van der Waals surface area contributed by atoms with E-state index in [2.05, 4.69) is 9.88 Å². The van der Waals surface area contributed by atoms with Crippen LogP contribution in [0.5, 0.6) is 5.88 Å². The van der Waals surface area contributed by atoms with Crippen molar-refractivity contribution in [1.29, 1.82) is 0 Å². The van der Waals surface area contributed by atoms with Gasteiger partial charge in [-0.05, 0) is 6.07 Å². The van der Waals surface area contributed by atoms with Crippen molar-refractivity contribution in [2.45, 2.75) is 12.5 Å². The zero-order valence-corrected chi connectivity index (χ0v) is 10.2. The van der Waals surface area contributed by atoms with Gasteiger partial charge in [0.05, 0.1) is 26.2 Å². The van der Waals surface area contributed by atoms with Crippen LogP contribution >= 0.6 is 0 Å². The van der Waals surface area contributed by atoms with Gasteiger partial charge in [0.15, 0.2) is 0 Å². The molecule has 1 aliphatic heterocycles. The van der Waals surface area contributed by atoms with Crippen molar-refractivity contribution >= 4 is 11.7 Å². The van der Waals surface area contributed by atoms with E-state index in [4.69, 9.17) is 14.6 Å². The molecule has 1 N–H and O–H groups in total. The van der Waals surface area contributed by atoms with Crippen molar-refractivity contribution in [3.8, 4) is 5.88 Å². The van der Waals surface area contributed by atoms with E-state index in [0.717, 1.165) is 12.2 Å². The normalized spacial score (nSPS) is 19.6. The second-order valence-corrected chi connectivity index (χ2v) is 4.09. The number of methoxy groups -OCH3 is 1. The van der Waals surface area contributed by atoms with Crippen LogP contribution in [0.1, 0.15) is 6.42 Å². The van der Waals surface area contributed by atoms with E-state index in [1.54, 1.807) is 13.3 Å². The van der Waals surface area contributed by atoms with Gasteiger partial charge in [0.25, 0.3) is 0 Å². The number of hydrogen-bond donors (Lipinski definition) is 1. The minimum absolute atomic E-state index is 0.0265. The van der Waals surface area contributed by atoms with Crippen LogP contribution in [0, 0.1) is 0 Å². The van der Waals surface area contributed by atoms with Gasteiger partial charge in [-0.2, -0.15) is 0 Å². The lowest BCUT2D eigenvalue weighted by molar-refractivity contribution is -0.140. The maximum absolute atomic E-state index is 10.7. The van der Waals surface area contributed by atoms with Crippen LogP contribution in [0.15, 0.2) is 18.3 Å². The van der Waals surface area contributed by atoms with Crippen molar-refractivity contribution in [3.63, 3.8) is 0 Å². The first-order chi connectivity index (χ1) is 8.69. The summed E-state index contributed by atoms with van der Waals surface area (Å²) in [5.74, 6) is -0.289. The third-order valence-corrected chi connectivity index (χ3v) is 2.83. The first kappa shape index (κ1) is 12.6. The summed E-state index contributed by atoms with van der Waals surface area (Å²) >= 11 is 0. The number of ether oxygens (including phenoxy) is 2. The Hall–Kier alpha value is -1.82. The average molecular weight is 252 g/mol. The lowest BCUT2D eigenvalue weighted by Gasteiger charge is -2.33. The number of carboxylic acids is 1. The van der Waals surface area contributed by atoms with Crippen LogP contribution in [0.25, 0.3) is 0 Å². The van der Waals surface area contributed by atoms with E-state index in [1.165, 1.54) is 0 Å². The summed E-state index contributed by atoms with van der Waals surface area (Å²) in [6, 6.07) is 3.72. The van der Waals surface area contributed by atoms with Crippen LogP contribution in [0.2, 0.25) is 0 Å². The molecule has 1 aromatic rings. The molecule has 2 rings (SSSR count). The summed E-state index contributed by atoms with van der Waals surface area (Å²) in [7, 11) is 1.57. The van der Waals surface area contributed by atoms with Gasteiger partial charge in [0.2, 0.25) is 5.88 Å². The minimum atomic E-state index is -0.839. The summed E-state index contributed by atoms with van der Waals surface area (Å²) < 4.78 is 10.5. The van der Waals surface area contributed by atoms with Crippen LogP contribution in [-0.4, -0.2) is 49.0 Å². The number of pyridine rings is 1. The Bertz CT molecular complexity index is 424. The van der Waals surface area contributed by atoms with Crippen LogP contribution < -0.4 is 9.64 Å². The molecule has 1 aliphatic rings. The van der Waals surface area contributed by atoms with Gasteiger partial charge < -0.3 is 19.5 Å². The summed E-state index contributed by atoms with van der Waals surface area (Å²) in [6.45, 7) is 1.84. The van der Waals surface area contributed by atoms with Gasteiger partial charge >= 0.3 is 5.97 Å². The maximum Gasteiger partial charge on any atom is 0.306 e. The fourth-order valence-electron chi connectivity index (χ4n) is 1.98. The fourth-order valence-corrected chi connectivity index (χ4v) is 1.98. The molecule has 1 aromatic heterocycles. The largest absolute Gasteiger partial charge is 0.481 e. The molecule has 6 nitrogen and oxygen atoms in total. The third kappa shape index (κ3) is 3.10. The highest BCUT2D eigenvalue weighted by Gasteiger charge is 2.23. The Labute approximate surface area is 105 Å². The molecule has 0 aromatic carbocycles. The summed E-state index contributed by atoms with van der Waals surface area (Å²) in [6.07, 6.45) is 1.43. The quantitative estimate of drug-likeness (QED) is 0.853. The van der Waals surface area contributed by atoms with E-state index < -0.39 is 5.97 Å². The molecule has 18 heavy (non-hydrogen) atoms. The smallest absolute Gasteiger partial charge is 0.306 e. The predicted molar refractivity (Wildman–Crippen MR) is 65.0 cm³/mol. The van der Waals surface area contributed by atoms with Gasteiger partial charge in [-0.25, -0.2) is 4.98 Å². The molecule has 0 amide bonds. The van der Waals surface area contributed by atoms with E-state index in [1.807, 2.05) is 12.1 Å². The molecule has 6 heteroatoms. The molecule has 0 radical (unpaired) electrons. The Morgan fingerprint density at radius 3 is 3.28 bits per heavy atom. The molecule has 0 saturated carbocycles. The monoisotopic (exact) mass is 252 g/mol. The topological polar surface area (TPSA) is 71.9 Å². The zero-order valence-electron chi connectivity index (χ0n) is 10.2. The Morgan fingerprint density at radius 1 is 1.72 bits per heavy atom. The molecule has 1 atom stereocenters. The number of nitrogens with zero attached hydrogens (tertiary/aromatic N) is 2. The third-order valence-electron chi connectivity index (χ3n) is 2.83. The highest BCUT2D eigenvalue weighted by Crippen LogP contribution is 2.21. The second kappa shape index (κ2) is 5.68. The number of aliphatic carboxylic acids is 1. The molecule has 1 saturated heterocycles. The Kier molecular flexibility index (Phi) is 3.99. The number of rotatable bonds is 4. The van der Waals surface area contributed by atoms with Crippen molar-refractivity contribution < 1.29 is 19.4 Å². The molecule has 2 heterocycles. The average Bonchev–Trinajstić information content (AvgIpc) is 2.38. The number of morpholine rings is 1. The number of hydrogen-bond acceptors (Lipinski definition) is 5. The highest BCUT2D eigenvalue weighted by molar-refractivity contribution is 5.67. The predicted octanol–water partition coefficient (Wildman–Crippen LogP) is 0.770. The molecule has 1 unspecified atom stereocenters. The fraction of sp³-hybridized carbons (Fsp3) is 0.500. The molecule has 0 spiro atoms. The van der Waals surface area contributed by atoms with Crippen molar-refractivity contribution in [1.82, 2.24) is 4.98 Å². The summed E-state index contributed by atoms with van der Waals surface area (Å²) in [5, 5.41) is 8.78. The van der Waals surface area contributed by atoms with Crippen LogP contribution in [-0.2, 0) is 9.53 Å². The minimum Gasteiger partial charge on any atom is -0.481 e. The van der Waals surface area contributed by atoms with Crippen molar-refractivity contribution in [3.05, 3.63) is 18.3 Å². The zero-order chi connectivity index (χ0) is 13.0. The SMILES string of the molecule is COc1cc(N2CCOC(CC(=O)O)C2)ccn1. The van der Waals surface area contributed by atoms with E-state index in [0.29, 0.717) is 19.0 Å². The number of carbonyl (C=O) groups is 1. The highest BCUT2D eigenvalue weighted by atomic mass is 16.5. The van der Waals surface area contributed by atoms with E-state index in [-0.39, 0.29) is 12.5 Å². The molecule has 1 fully saturated rings. The van der Waals surface area contributed by atoms with Crippen LogP contribution in [0.3, 0.4) is 0 Å². The van der Waals surface area contributed by atoms with Gasteiger partial charge in [-0.3, -0.25) is 4.79 Å². The van der Waals surface area contributed by atoms with Gasteiger partial charge in [0, 0.05) is 31.0 Å². The lowest BCUT2D eigenvalue weighted by atomic mass is 10.2. The molecular formula is C12H16N2O4. The molecule has 0 aliphatic carbocycles. The second-order valence-electron chi connectivity index (χ2n) is 4.09. The van der Waals surface area contributed by atoms with Crippen molar-refractivity contribution in [2.75, 3.05) is 31.7 Å². The molecule has 98 valence electrons. The summed E-state index contributed by atoms with van der Waals surface area (Å²) in [4.78, 5) is 16.8.